The van der Waals surface area contributed by atoms with Crippen LogP contribution < -0.4 is 5.73 Å². The predicted molar refractivity (Wildman–Crippen MR) is 205 cm³/mol. The van der Waals surface area contributed by atoms with Crippen LogP contribution in [0.25, 0.3) is 28.2 Å². The summed E-state index contributed by atoms with van der Waals surface area (Å²) >= 11 is 0. The molecule has 0 bridgehead atoms. The first-order chi connectivity index (χ1) is 25.8. The SMILES string of the molecule is Nc1ncc(-c2ccc(O)cc2)nc1Cc1ccccc1.Oc1ccc(Cc2nc3c(Cc4ccccc4)nc(-c4ccc(O)cc4)cn3c2O)cc1. The lowest BCUT2D eigenvalue weighted by Crippen LogP contribution is -2.03. The van der Waals surface area contributed by atoms with Crippen LogP contribution in [-0.2, 0) is 19.3 Å². The summed E-state index contributed by atoms with van der Waals surface area (Å²) in [4.78, 5) is 18.4. The quantitative estimate of drug-likeness (QED) is 0.107. The van der Waals surface area contributed by atoms with Gasteiger partial charge in [0.2, 0.25) is 5.88 Å². The normalized spacial score (nSPS) is 10.9. The van der Waals surface area contributed by atoms with Crippen LogP contribution in [0.3, 0.4) is 0 Å². The fourth-order valence-electron chi connectivity index (χ4n) is 5.88. The summed E-state index contributed by atoms with van der Waals surface area (Å²) < 4.78 is 1.67. The summed E-state index contributed by atoms with van der Waals surface area (Å²) in [6.45, 7) is 0. The van der Waals surface area contributed by atoms with E-state index in [2.05, 4.69) is 9.97 Å². The Morgan fingerprint density at radius 2 is 0.925 bits per heavy atom. The molecule has 0 unspecified atom stereocenters. The van der Waals surface area contributed by atoms with E-state index in [0.29, 0.717) is 42.1 Å². The van der Waals surface area contributed by atoms with Gasteiger partial charge in [0.05, 0.1) is 29.0 Å². The summed E-state index contributed by atoms with van der Waals surface area (Å²) in [7, 11) is 0. The molecule has 8 aromatic rings. The van der Waals surface area contributed by atoms with Crippen molar-refractivity contribution in [2.75, 3.05) is 5.73 Å². The molecular weight excluding hydrogens is 665 g/mol. The molecule has 0 fully saturated rings. The van der Waals surface area contributed by atoms with Crippen LogP contribution in [-0.4, -0.2) is 44.8 Å². The smallest absolute Gasteiger partial charge is 0.219 e. The number of aromatic hydroxyl groups is 4. The number of aromatic nitrogens is 5. The fourth-order valence-corrected chi connectivity index (χ4v) is 5.88. The molecule has 0 saturated carbocycles. The molecule has 0 spiro atoms. The molecule has 0 saturated heterocycles. The van der Waals surface area contributed by atoms with E-state index in [0.717, 1.165) is 44.9 Å². The minimum atomic E-state index is 0.0600. The lowest BCUT2D eigenvalue weighted by molar-refractivity contribution is 0.442. The Labute approximate surface area is 305 Å². The van der Waals surface area contributed by atoms with Gasteiger partial charge < -0.3 is 26.2 Å². The maximum Gasteiger partial charge on any atom is 0.219 e. The highest BCUT2D eigenvalue weighted by Gasteiger charge is 2.18. The molecule has 3 aromatic heterocycles. The van der Waals surface area contributed by atoms with Crippen molar-refractivity contribution in [2.24, 2.45) is 0 Å². The number of rotatable bonds is 8. The van der Waals surface area contributed by atoms with E-state index in [-0.39, 0.29) is 23.1 Å². The lowest BCUT2D eigenvalue weighted by Gasteiger charge is -2.08. The Balaban J connectivity index is 0.000000179. The molecule has 0 amide bonds. The molecule has 0 aliphatic carbocycles. The molecule has 0 aliphatic heterocycles. The minimum Gasteiger partial charge on any atom is -0.508 e. The number of imidazole rings is 1. The summed E-state index contributed by atoms with van der Waals surface area (Å²) in [5.41, 5.74) is 14.9. The zero-order valence-corrected chi connectivity index (χ0v) is 28.6. The third-order valence-corrected chi connectivity index (χ3v) is 8.66. The zero-order valence-electron chi connectivity index (χ0n) is 28.6. The van der Waals surface area contributed by atoms with E-state index in [9.17, 15) is 20.4 Å². The van der Waals surface area contributed by atoms with Crippen molar-refractivity contribution in [2.45, 2.75) is 19.3 Å². The van der Waals surface area contributed by atoms with Gasteiger partial charge in [-0.15, -0.1) is 0 Å². The number of hydrogen-bond acceptors (Lipinski definition) is 9. The molecule has 8 rings (SSSR count). The van der Waals surface area contributed by atoms with E-state index in [1.54, 1.807) is 65.3 Å². The van der Waals surface area contributed by atoms with Gasteiger partial charge in [0.25, 0.3) is 0 Å². The molecule has 5 aromatic carbocycles. The summed E-state index contributed by atoms with van der Waals surface area (Å²) in [5, 5.41) is 39.5. The maximum absolute atomic E-state index is 11.0. The number of nitrogens with two attached hydrogens (primary N) is 1. The van der Waals surface area contributed by atoms with Gasteiger partial charge in [-0.05, 0) is 77.4 Å². The molecule has 3 heterocycles. The van der Waals surface area contributed by atoms with Crippen LogP contribution in [0.1, 0.15) is 33.8 Å². The Bertz CT molecular complexity index is 2450. The number of hydrogen-bond donors (Lipinski definition) is 5. The van der Waals surface area contributed by atoms with Crippen LogP contribution in [0.2, 0.25) is 0 Å². The first-order valence-corrected chi connectivity index (χ1v) is 16.9. The van der Waals surface area contributed by atoms with Crippen LogP contribution in [0.4, 0.5) is 5.82 Å². The topological polar surface area (TPSA) is 163 Å². The molecule has 0 atom stereocenters. The summed E-state index contributed by atoms with van der Waals surface area (Å²) in [6, 6.07) is 40.6. The van der Waals surface area contributed by atoms with Crippen molar-refractivity contribution in [3.8, 4) is 45.6 Å². The number of nitrogens with zero attached hydrogens (tertiary/aromatic N) is 5. The fraction of sp³-hybridized carbons (Fsp3) is 0.0698. The van der Waals surface area contributed by atoms with Crippen LogP contribution in [0, 0.1) is 0 Å². The van der Waals surface area contributed by atoms with Crippen LogP contribution >= 0.6 is 0 Å². The average molecular weight is 701 g/mol. The Kier molecular flexibility index (Phi) is 9.93. The van der Waals surface area contributed by atoms with Crippen molar-refractivity contribution in [1.29, 1.82) is 0 Å². The third kappa shape index (κ3) is 8.24. The number of phenolic OH excluding ortho intramolecular Hbond substituents is 3. The third-order valence-electron chi connectivity index (χ3n) is 8.66. The Hall–Kier alpha value is -7.20. The van der Waals surface area contributed by atoms with Gasteiger partial charge in [0.1, 0.15) is 28.8 Å². The van der Waals surface area contributed by atoms with E-state index in [4.69, 9.17) is 15.7 Å². The highest BCUT2D eigenvalue weighted by Crippen LogP contribution is 2.29. The van der Waals surface area contributed by atoms with Crippen molar-refractivity contribution < 1.29 is 20.4 Å². The van der Waals surface area contributed by atoms with Crippen molar-refractivity contribution >= 4 is 11.5 Å². The number of anilines is 1. The summed E-state index contributed by atoms with van der Waals surface area (Å²) in [6.07, 6.45) is 5.04. The molecule has 0 aliphatic rings. The van der Waals surface area contributed by atoms with Gasteiger partial charge in [0.15, 0.2) is 5.65 Å². The van der Waals surface area contributed by atoms with Crippen molar-refractivity contribution in [1.82, 2.24) is 24.3 Å². The second-order valence-electron chi connectivity index (χ2n) is 12.5. The highest BCUT2D eigenvalue weighted by molar-refractivity contribution is 5.64. The molecule has 53 heavy (non-hydrogen) atoms. The molecule has 262 valence electrons. The number of phenols is 3. The van der Waals surface area contributed by atoms with E-state index >= 15 is 0 Å². The molecule has 0 radical (unpaired) electrons. The first kappa shape index (κ1) is 34.3. The lowest BCUT2D eigenvalue weighted by atomic mass is 10.1. The standard InChI is InChI=1S/C26H21N3O3.C17H15N3O/c30-20-10-6-18(7-11-20)15-23-26(32)29-16-24(19-8-12-21(31)13-9-19)27-22(25(29)28-23)14-17-4-2-1-3-5-17;18-17-15(10-12-4-2-1-3-5-12)20-16(11-19-17)13-6-8-14(21)9-7-13/h1-13,16,30-32H,14-15H2;1-9,11,21H,10H2,(H2,18,19). The summed E-state index contributed by atoms with van der Waals surface area (Å²) in [5.74, 6) is 1.11. The zero-order chi connectivity index (χ0) is 36.7. The molecule has 10 nitrogen and oxygen atoms in total. The molecular formula is C43H36N6O4. The van der Waals surface area contributed by atoms with E-state index < -0.39 is 0 Å². The molecule has 10 heteroatoms. The molecule has 6 N–H and O–H groups in total. The Morgan fingerprint density at radius 3 is 1.49 bits per heavy atom. The van der Waals surface area contributed by atoms with Gasteiger partial charge >= 0.3 is 0 Å². The van der Waals surface area contributed by atoms with E-state index in [1.165, 1.54) is 0 Å². The second-order valence-corrected chi connectivity index (χ2v) is 12.5. The van der Waals surface area contributed by atoms with Gasteiger partial charge in [-0.1, -0.05) is 72.8 Å². The predicted octanol–water partition coefficient (Wildman–Crippen LogP) is 7.72. The maximum atomic E-state index is 11.0. The van der Waals surface area contributed by atoms with E-state index in [1.807, 2.05) is 84.9 Å². The van der Waals surface area contributed by atoms with Gasteiger partial charge in [0, 0.05) is 36.6 Å². The average Bonchev–Trinajstić information content (AvgIpc) is 3.49. The van der Waals surface area contributed by atoms with Crippen LogP contribution in [0.5, 0.6) is 23.1 Å². The van der Waals surface area contributed by atoms with Crippen molar-refractivity contribution in [3.63, 3.8) is 0 Å². The minimum absolute atomic E-state index is 0.0600. The largest absolute Gasteiger partial charge is 0.508 e. The number of fused-ring (bicyclic) bond motifs is 1. The first-order valence-electron chi connectivity index (χ1n) is 16.9. The van der Waals surface area contributed by atoms with Gasteiger partial charge in [-0.25, -0.2) is 19.9 Å². The highest BCUT2D eigenvalue weighted by atomic mass is 16.3. The van der Waals surface area contributed by atoms with Crippen molar-refractivity contribution in [3.05, 3.63) is 180 Å². The number of nitrogen functional groups attached to an aromatic ring is 1. The van der Waals surface area contributed by atoms with Crippen LogP contribution in [0.15, 0.2) is 146 Å². The number of benzene rings is 5. The Morgan fingerprint density at radius 1 is 0.472 bits per heavy atom. The monoisotopic (exact) mass is 700 g/mol. The van der Waals surface area contributed by atoms with Gasteiger partial charge in [-0.3, -0.25) is 4.40 Å². The second kappa shape index (κ2) is 15.4. The van der Waals surface area contributed by atoms with Gasteiger partial charge in [-0.2, -0.15) is 0 Å².